The minimum atomic E-state index is -4.07. The summed E-state index contributed by atoms with van der Waals surface area (Å²) in [7, 11) is -4.07. The summed E-state index contributed by atoms with van der Waals surface area (Å²) in [6.45, 7) is 4.91. The number of aliphatic hydroxyl groups excluding tert-OH is 1. The normalized spacial score (nSPS) is 12.7. The maximum Gasteiger partial charge on any atom is 0.244 e. The van der Waals surface area contributed by atoms with Gasteiger partial charge in [0.1, 0.15) is 6.61 Å². The second-order valence-corrected chi connectivity index (χ2v) is 11.5. The number of carbonyl (C=O) groups excluding carboxylic acids is 1. The van der Waals surface area contributed by atoms with Gasteiger partial charge in [-0.15, -0.1) is 0 Å². The van der Waals surface area contributed by atoms with Gasteiger partial charge in [-0.1, -0.05) is 74.0 Å². The Hall–Kier alpha value is -3.52. The van der Waals surface area contributed by atoms with Crippen molar-refractivity contribution in [3.8, 4) is 0 Å². The molecule has 0 spiro atoms. The number of nitrogens with zero attached hydrogens (tertiary/aromatic N) is 1. The Labute approximate surface area is 218 Å². The van der Waals surface area contributed by atoms with Crippen molar-refractivity contribution < 1.29 is 18.3 Å². The van der Waals surface area contributed by atoms with E-state index >= 15 is 0 Å². The van der Waals surface area contributed by atoms with Crippen LogP contribution in [0.25, 0.3) is 10.8 Å². The average molecular weight is 517 g/mol. The van der Waals surface area contributed by atoms with E-state index in [0.717, 1.165) is 27.7 Å². The third-order valence-corrected chi connectivity index (χ3v) is 8.19. The molecule has 37 heavy (non-hydrogen) atoms. The van der Waals surface area contributed by atoms with Gasteiger partial charge in [-0.25, -0.2) is 8.42 Å². The molecule has 0 aliphatic heterocycles. The van der Waals surface area contributed by atoms with E-state index in [9.17, 15) is 18.3 Å². The van der Waals surface area contributed by atoms with E-state index in [2.05, 4.69) is 5.32 Å². The van der Waals surface area contributed by atoms with Crippen molar-refractivity contribution in [1.29, 1.82) is 0 Å². The van der Waals surface area contributed by atoms with Crippen molar-refractivity contribution >= 4 is 38.0 Å². The van der Waals surface area contributed by atoms with Crippen LogP contribution in [0.3, 0.4) is 0 Å². The van der Waals surface area contributed by atoms with Gasteiger partial charge in [-0.2, -0.15) is 4.31 Å². The summed E-state index contributed by atoms with van der Waals surface area (Å²) in [6.07, 6.45) is 0. The van der Waals surface area contributed by atoms with E-state index in [1.54, 1.807) is 32.0 Å². The molecule has 0 saturated heterocycles. The van der Waals surface area contributed by atoms with Crippen LogP contribution >= 0.6 is 0 Å². The Morgan fingerprint density at radius 3 is 2.14 bits per heavy atom. The number of nitrogens with one attached hydrogen (secondary N) is 1. The van der Waals surface area contributed by atoms with Gasteiger partial charge in [0.15, 0.2) is 5.78 Å². The monoisotopic (exact) mass is 516 g/mol. The molecule has 0 fully saturated rings. The van der Waals surface area contributed by atoms with E-state index in [1.165, 1.54) is 9.87 Å². The predicted octanol–water partition coefficient (Wildman–Crippen LogP) is 5.67. The highest BCUT2D eigenvalue weighted by Gasteiger charge is 2.37. The molecular formula is C30H32N2O4S. The van der Waals surface area contributed by atoms with Crippen molar-refractivity contribution in [3.05, 3.63) is 102 Å². The van der Waals surface area contributed by atoms with Gasteiger partial charge in [0.25, 0.3) is 0 Å². The van der Waals surface area contributed by atoms with Crippen molar-refractivity contribution in [1.82, 2.24) is 4.31 Å². The number of fused-ring (bicyclic) bond motifs is 1. The average Bonchev–Trinajstić information content (AvgIpc) is 2.89. The number of hydrogen-bond donors (Lipinski definition) is 2. The van der Waals surface area contributed by atoms with E-state index < -0.39 is 28.5 Å². The van der Waals surface area contributed by atoms with Gasteiger partial charge in [-0.05, 0) is 65.6 Å². The first-order valence-electron chi connectivity index (χ1n) is 12.3. The lowest BCUT2D eigenvalue weighted by Gasteiger charge is -2.32. The summed E-state index contributed by atoms with van der Waals surface area (Å²) in [5.74, 6) is -0.851. The second-order valence-electron chi connectivity index (χ2n) is 9.56. The third kappa shape index (κ3) is 6.07. The molecule has 0 amide bonds. The molecule has 1 atom stereocenters. The fourth-order valence-electron chi connectivity index (χ4n) is 4.46. The van der Waals surface area contributed by atoms with Crippen molar-refractivity contribution in [2.45, 2.75) is 38.3 Å². The molecule has 0 aromatic heterocycles. The molecular weight excluding hydrogens is 484 g/mol. The molecule has 0 saturated carbocycles. The lowest BCUT2D eigenvalue weighted by Crippen LogP contribution is -2.48. The summed E-state index contributed by atoms with van der Waals surface area (Å²) in [5.41, 5.74) is 3.80. The van der Waals surface area contributed by atoms with E-state index in [-0.39, 0.29) is 17.4 Å². The Bertz CT molecular complexity index is 1480. The standard InChI is InChI=1S/C30H32N2O4S/c1-21(2)30(29(34)20-33)32(19-23-7-5-4-6-8-23)37(35,36)28-16-12-24-17-27(15-11-25(24)18-28)31-26-13-9-22(3)10-14-26/h4-18,21,30-31,33H,19-20H2,1-3H3/t30-/m1/s1. The zero-order chi connectivity index (χ0) is 26.6. The van der Waals surface area contributed by atoms with Crippen molar-refractivity contribution in [2.75, 3.05) is 11.9 Å². The number of rotatable bonds is 10. The molecule has 0 heterocycles. The molecule has 7 heteroatoms. The highest BCUT2D eigenvalue weighted by molar-refractivity contribution is 7.89. The number of sulfonamides is 1. The number of Topliss-reactive ketones (excluding diaryl/α,β-unsaturated/α-hetero) is 1. The van der Waals surface area contributed by atoms with Crippen LogP contribution < -0.4 is 5.32 Å². The van der Waals surface area contributed by atoms with Crippen LogP contribution in [0.2, 0.25) is 0 Å². The molecule has 4 aromatic rings. The van der Waals surface area contributed by atoms with Crippen LogP contribution in [0.5, 0.6) is 0 Å². The van der Waals surface area contributed by atoms with Gasteiger partial charge in [-0.3, -0.25) is 4.79 Å². The molecule has 0 aliphatic carbocycles. The predicted molar refractivity (Wildman–Crippen MR) is 148 cm³/mol. The molecule has 192 valence electrons. The Kier molecular flexibility index (Phi) is 8.07. The van der Waals surface area contributed by atoms with Crippen LogP contribution in [0.4, 0.5) is 11.4 Å². The number of anilines is 2. The number of ketones is 1. The van der Waals surface area contributed by atoms with Gasteiger partial charge < -0.3 is 10.4 Å². The van der Waals surface area contributed by atoms with Gasteiger partial charge in [0, 0.05) is 17.9 Å². The summed E-state index contributed by atoms with van der Waals surface area (Å²) in [6, 6.07) is 27.0. The van der Waals surface area contributed by atoms with Gasteiger partial charge >= 0.3 is 0 Å². The number of aryl methyl sites for hydroxylation is 1. The summed E-state index contributed by atoms with van der Waals surface area (Å²) in [4.78, 5) is 12.8. The minimum Gasteiger partial charge on any atom is -0.389 e. The maximum absolute atomic E-state index is 14.0. The lowest BCUT2D eigenvalue weighted by atomic mass is 10.00. The van der Waals surface area contributed by atoms with Crippen LogP contribution in [0.15, 0.2) is 95.9 Å². The Morgan fingerprint density at radius 1 is 0.865 bits per heavy atom. The Morgan fingerprint density at radius 2 is 1.49 bits per heavy atom. The fraction of sp³-hybridized carbons (Fsp3) is 0.233. The molecule has 0 aliphatic rings. The molecule has 4 rings (SSSR count). The van der Waals surface area contributed by atoms with E-state index in [4.69, 9.17) is 0 Å². The van der Waals surface area contributed by atoms with Crippen LogP contribution in [0, 0.1) is 12.8 Å². The summed E-state index contributed by atoms with van der Waals surface area (Å²) in [5, 5.41) is 14.6. The molecule has 2 N–H and O–H groups in total. The highest BCUT2D eigenvalue weighted by atomic mass is 32.2. The second kappa shape index (κ2) is 11.3. The highest BCUT2D eigenvalue weighted by Crippen LogP contribution is 2.29. The molecule has 0 bridgehead atoms. The molecule has 0 unspecified atom stereocenters. The number of hydrogen-bond acceptors (Lipinski definition) is 5. The van der Waals surface area contributed by atoms with E-state index in [1.807, 2.05) is 79.7 Å². The maximum atomic E-state index is 14.0. The topological polar surface area (TPSA) is 86.7 Å². The van der Waals surface area contributed by atoms with Crippen LogP contribution in [0.1, 0.15) is 25.0 Å². The minimum absolute atomic E-state index is 0.0230. The van der Waals surface area contributed by atoms with Crippen molar-refractivity contribution in [2.24, 2.45) is 5.92 Å². The SMILES string of the molecule is Cc1ccc(Nc2ccc3cc(S(=O)(=O)N(Cc4ccccc4)[C@@H](C(=O)CO)C(C)C)ccc3c2)cc1. The first kappa shape index (κ1) is 26.5. The first-order valence-corrected chi connectivity index (χ1v) is 13.7. The zero-order valence-corrected chi connectivity index (χ0v) is 22.1. The van der Waals surface area contributed by atoms with Crippen LogP contribution in [-0.2, 0) is 21.4 Å². The summed E-state index contributed by atoms with van der Waals surface area (Å²) >= 11 is 0. The molecule has 0 radical (unpaired) electrons. The zero-order valence-electron chi connectivity index (χ0n) is 21.3. The molecule has 6 nitrogen and oxygen atoms in total. The van der Waals surface area contributed by atoms with Gasteiger partial charge in [0.2, 0.25) is 10.0 Å². The largest absolute Gasteiger partial charge is 0.389 e. The van der Waals surface area contributed by atoms with Gasteiger partial charge in [0.05, 0.1) is 10.9 Å². The number of benzene rings is 4. The lowest BCUT2D eigenvalue weighted by molar-refractivity contribution is -0.126. The smallest absolute Gasteiger partial charge is 0.244 e. The van der Waals surface area contributed by atoms with Crippen molar-refractivity contribution in [3.63, 3.8) is 0 Å². The fourth-order valence-corrected chi connectivity index (χ4v) is 6.22. The number of aliphatic hydroxyl groups is 1. The van der Waals surface area contributed by atoms with Crippen LogP contribution in [-0.4, -0.2) is 36.3 Å². The first-order chi connectivity index (χ1) is 17.7. The molecule has 4 aromatic carbocycles. The number of carbonyl (C=O) groups is 1. The third-order valence-electron chi connectivity index (χ3n) is 6.37. The van der Waals surface area contributed by atoms with E-state index in [0.29, 0.717) is 0 Å². The summed E-state index contributed by atoms with van der Waals surface area (Å²) < 4.78 is 29.1. The Balaban J connectivity index is 1.70. The quantitative estimate of drug-likeness (QED) is 0.284.